The SMILES string of the molecule is COC(OC)C(OC)(OC)C(=O)[O-].COC(OC)C(OC)(OC)C(=O)[O-].COC(OC)C(OC)(OC)C(=O)[O-].COC(OC)C(OC)(OC)C(=O)[O-].[Ti+4]. The van der Waals surface area contributed by atoms with Crippen LogP contribution in [0.1, 0.15) is 0 Å². The van der Waals surface area contributed by atoms with Gasteiger partial charge in [-0.05, 0) is 0 Å². The van der Waals surface area contributed by atoms with E-state index in [1.807, 2.05) is 0 Å². The van der Waals surface area contributed by atoms with E-state index in [9.17, 15) is 39.6 Å². The number of aliphatic carboxylic acids is 4. The van der Waals surface area contributed by atoms with Crippen molar-refractivity contribution >= 4 is 23.9 Å². The summed E-state index contributed by atoms with van der Waals surface area (Å²) in [6.45, 7) is 0. The van der Waals surface area contributed by atoms with Crippen molar-refractivity contribution in [2.24, 2.45) is 0 Å². The third-order valence-electron chi connectivity index (χ3n) is 6.52. The molecule has 0 fully saturated rings. The summed E-state index contributed by atoms with van der Waals surface area (Å²) in [5.41, 5.74) is 0. The fourth-order valence-corrected chi connectivity index (χ4v) is 3.78. The van der Waals surface area contributed by atoms with Crippen LogP contribution in [0.25, 0.3) is 0 Å². The van der Waals surface area contributed by atoms with Crippen LogP contribution in [0.4, 0.5) is 0 Å². The van der Waals surface area contributed by atoms with Gasteiger partial charge in [0.15, 0.2) is 0 Å². The van der Waals surface area contributed by atoms with E-state index < -0.39 is 72.2 Å². The Bertz CT molecular complexity index is 801. The maximum atomic E-state index is 10.7. The Morgan fingerprint density at radius 2 is 0.396 bits per heavy atom. The van der Waals surface area contributed by atoms with Gasteiger partial charge in [-0.3, -0.25) is 0 Å². The molecule has 0 aromatic carbocycles. The molecule has 0 aromatic rings. The molecule has 25 heteroatoms. The molecule has 0 saturated carbocycles. The quantitative estimate of drug-likeness (QED) is 0.0645. The second-order valence-corrected chi connectivity index (χ2v) is 8.67. The molecule has 0 aliphatic heterocycles. The van der Waals surface area contributed by atoms with E-state index in [0.29, 0.717) is 0 Å². The third kappa shape index (κ3) is 15.5. The van der Waals surface area contributed by atoms with Crippen molar-refractivity contribution in [3.05, 3.63) is 0 Å². The zero-order valence-electron chi connectivity index (χ0n) is 32.6. The Kier molecular flexibility index (Phi) is 35.4. The van der Waals surface area contributed by atoms with Crippen LogP contribution in [-0.4, -0.2) is 186 Å². The van der Waals surface area contributed by atoms with Gasteiger partial charge in [-0.2, -0.15) is 0 Å². The van der Waals surface area contributed by atoms with Crippen molar-refractivity contribution in [2.45, 2.75) is 48.3 Å². The number of carbonyl (C=O) groups is 4. The first-order valence-corrected chi connectivity index (χ1v) is 13.8. The van der Waals surface area contributed by atoms with Crippen molar-refractivity contribution in [3.63, 3.8) is 0 Å². The average Bonchev–Trinajstić information content (AvgIpc) is 3.14. The number of hydrogen-bond acceptors (Lipinski definition) is 24. The van der Waals surface area contributed by atoms with E-state index in [-0.39, 0.29) is 21.7 Å². The monoisotopic (exact) mass is 820 g/mol. The number of ether oxygens (including phenoxy) is 16. The van der Waals surface area contributed by atoms with Crippen LogP contribution in [0.2, 0.25) is 0 Å². The van der Waals surface area contributed by atoms with E-state index in [4.69, 9.17) is 37.9 Å². The molecule has 0 amide bonds. The molecule has 0 atom stereocenters. The van der Waals surface area contributed by atoms with Gasteiger partial charge in [0.2, 0.25) is 25.2 Å². The van der Waals surface area contributed by atoms with E-state index in [0.717, 1.165) is 56.9 Å². The van der Waals surface area contributed by atoms with Gasteiger partial charge in [0, 0.05) is 114 Å². The molecular weight excluding hydrogens is 768 g/mol. The Labute approximate surface area is 322 Å². The average molecular weight is 821 g/mol. The summed E-state index contributed by atoms with van der Waals surface area (Å²) in [7, 11) is 19.4. The minimum atomic E-state index is -2.04. The van der Waals surface area contributed by atoms with Crippen LogP contribution in [0.3, 0.4) is 0 Å². The third-order valence-corrected chi connectivity index (χ3v) is 6.52. The number of carbonyl (C=O) groups excluding carboxylic acids is 4. The van der Waals surface area contributed by atoms with Crippen LogP contribution in [-0.2, 0) is 117 Å². The van der Waals surface area contributed by atoms with Crippen LogP contribution in [0.5, 0.6) is 0 Å². The smallest absolute Gasteiger partial charge is 0.544 e. The molecule has 0 heterocycles. The Morgan fingerprint density at radius 3 is 0.415 bits per heavy atom. The summed E-state index contributed by atoms with van der Waals surface area (Å²) >= 11 is 0. The van der Waals surface area contributed by atoms with Crippen molar-refractivity contribution < 1.29 is 137 Å². The molecule has 0 rings (SSSR count). The predicted octanol–water partition coefficient (Wildman–Crippen LogP) is -6.63. The summed E-state index contributed by atoms with van der Waals surface area (Å²) < 4.78 is 75.0. The maximum absolute atomic E-state index is 10.7. The normalized spacial score (nSPS) is 11.8. The molecule has 0 spiro atoms. The van der Waals surface area contributed by atoms with Gasteiger partial charge in [0.1, 0.15) is 23.9 Å². The van der Waals surface area contributed by atoms with Crippen LogP contribution >= 0.6 is 0 Å². The first-order valence-electron chi connectivity index (χ1n) is 13.8. The zero-order valence-corrected chi connectivity index (χ0v) is 34.2. The predicted molar refractivity (Wildman–Crippen MR) is 158 cm³/mol. The van der Waals surface area contributed by atoms with Crippen molar-refractivity contribution in [2.75, 3.05) is 114 Å². The largest absolute Gasteiger partial charge is 4.00 e. The van der Waals surface area contributed by atoms with Crippen molar-refractivity contribution in [1.82, 2.24) is 0 Å². The molecule has 0 aromatic heterocycles. The van der Waals surface area contributed by atoms with Crippen LogP contribution in [0, 0.1) is 0 Å². The van der Waals surface area contributed by atoms with Gasteiger partial charge in [0.05, 0.1) is 0 Å². The van der Waals surface area contributed by atoms with Gasteiger partial charge in [-0.1, -0.05) is 0 Å². The fourth-order valence-electron chi connectivity index (χ4n) is 3.78. The molecule has 0 aliphatic rings. The Morgan fingerprint density at radius 1 is 0.302 bits per heavy atom. The van der Waals surface area contributed by atoms with Gasteiger partial charge >= 0.3 is 21.7 Å². The topological polar surface area (TPSA) is 308 Å². The number of carboxylic acid groups (broad SMARTS) is 4. The summed E-state index contributed by atoms with van der Waals surface area (Å²) in [6.07, 6.45) is -4.75. The number of rotatable bonds is 24. The minimum Gasteiger partial charge on any atom is -0.544 e. The van der Waals surface area contributed by atoms with Crippen molar-refractivity contribution in [3.8, 4) is 0 Å². The van der Waals surface area contributed by atoms with E-state index in [1.54, 1.807) is 0 Å². The molecule has 0 N–H and O–H groups in total. The molecular formula is C28H52O24Ti. The van der Waals surface area contributed by atoms with E-state index in [1.165, 1.54) is 56.9 Å². The second kappa shape index (κ2) is 31.2. The Hall–Kier alpha value is -2.05. The maximum Gasteiger partial charge on any atom is 4.00 e. The van der Waals surface area contributed by atoms with Gasteiger partial charge in [0.25, 0.3) is 23.1 Å². The van der Waals surface area contributed by atoms with Crippen LogP contribution in [0.15, 0.2) is 0 Å². The molecule has 53 heavy (non-hydrogen) atoms. The molecule has 0 bridgehead atoms. The minimum absolute atomic E-state index is 0. The summed E-state index contributed by atoms with van der Waals surface area (Å²) in [4.78, 5) is 42.9. The fraction of sp³-hybridized carbons (Fsp3) is 0.857. The molecule has 312 valence electrons. The standard InChI is InChI=1S/4C7H14O6.Ti/c4*1-10-6(11-2)7(12-3,13-4)5(8)9;/h4*6H,1-4H3,(H,8,9);/q;;;;+4/p-4. The zero-order chi connectivity index (χ0) is 41.9. The summed E-state index contributed by atoms with van der Waals surface area (Å²) in [5.74, 6) is -14.4. The molecule has 0 aliphatic carbocycles. The van der Waals surface area contributed by atoms with E-state index in [2.05, 4.69) is 37.9 Å². The van der Waals surface area contributed by atoms with Crippen LogP contribution < -0.4 is 20.4 Å². The summed E-state index contributed by atoms with van der Waals surface area (Å²) in [6, 6.07) is 0. The Balaban J connectivity index is -0.000000192. The summed E-state index contributed by atoms with van der Waals surface area (Å²) in [5, 5.41) is 42.9. The second-order valence-electron chi connectivity index (χ2n) is 8.67. The van der Waals surface area contributed by atoms with Gasteiger partial charge in [-0.15, -0.1) is 0 Å². The first-order chi connectivity index (χ1) is 24.3. The molecule has 0 unspecified atom stereocenters. The van der Waals surface area contributed by atoms with E-state index >= 15 is 0 Å². The van der Waals surface area contributed by atoms with Crippen molar-refractivity contribution in [1.29, 1.82) is 0 Å². The first kappa shape index (κ1) is 60.2. The molecule has 24 nitrogen and oxygen atoms in total. The van der Waals surface area contributed by atoms with Gasteiger partial charge < -0.3 is 115 Å². The molecule has 0 radical (unpaired) electrons. The number of carboxylic acids is 4. The van der Waals surface area contributed by atoms with Gasteiger partial charge in [-0.25, -0.2) is 0 Å². The molecule has 0 saturated heterocycles. The number of methoxy groups -OCH3 is 16. The number of hydrogen-bond donors (Lipinski definition) is 0.